The van der Waals surface area contributed by atoms with Crippen LogP contribution < -0.4 is 5.32 Å². The van der Waals surface area contributed by atoms with Crippen molar-refractivity contribution in [3.63, 3.8) is 0 Å². The summed E-state index contributed by atoms with van der Waals surface area (Å²) in [4.78, 5) is 4.54. The van der Waals surface area contributed by atoms with Gasteiger partial charge in [-0.3, -0.25) is 0 Å². The maximum atomic E-state index is 4.54. The Bertz CT molecular complexity index is 284. The molecule has 0 spiro atoms. The lowest BCUT2D eigenvalue weighted by Crippen LogP contribution is -2.14. The van der Waals surface area contributed by atoms with Crippen molar-refractivity contribution in [2.75, 3.05) is 6.54 Å². The van der Waals surface area contributed by atoms with E-state index in [4.69, 9.17) is 0 Å². The summed E-state index contributed by atoms with van der Waals surface area (Å²) in [6, 6.07) is 0. The Labute approximate surface area is 110 Å². The van der Waals surface area contributed by atoms with Gasteiger partial charge in [-0.05, 0) is 19.4 Å². The van der Waals surface area contributed by atoms with Crippen LogP contribution in [0.1, 0.15) is 63.1 Å². The zero-order chi connectivity index (χ0) is 12.3. The van der Waals surface area contributed by atoms with E-state index in [2.05, 4.69) is 29.5 Å². The van der Waals surface area contributed by atoms with E-state index in [1.54, 1.807) is 11.3 Å². The van der Waals surface area contributed by atoms with E-state index in [0.717, 1.165) is 19.5 Å². The lowest BCUT2D eigenvalue weighted by molar-refractivity contribution is 0.569. The van der Waals surface area contributed by atoms with Crippen molar-refractivity contribution >= 4 is 11.3 Å². The Hall–Kier alpha value is -0.410. The highest BCUT2D eigenvalue weighted by atomic mass is 32.1. The fraction of sp³-hybridized carbons (Fsp3) is 0.786. The van der Waals surface area contributed by atoms with Gasteiger partial charge in [0.05, 0.1) is 10.7 Å². The van der Waals surface area contributed by atoms with Gasteiger partial charge in [0.25, 0.3) is 0 Å². The van der Waals surface area contributed by atoms with Gasteiger partial charge in [0.15, 0.2) is 0 Å². The van der Waals surface area contributed by atoms with Crippen LogP contribution in [-0.2, 0) is 13.0 Å². The van der Waals surface area contributed by atoms with Crippen molar-refractivity contribution in [2.24, 2.45) is 0 Å². The summed E-state index contributed by atoms with van der Waals surface area (Å²) in [6.45, 7) is 6.49. The summed E-state index contributed by atoms with van der Waals surface area (Å²) < 4.78 is 0. The molecule has 0 fully saturated rings. The van der Waals surface area contributed by atoms with Gasteiger partial charge in [-0.1, -0.05) is 46.0 Å². The fourth-order valence-electron chi connectivity index (χ4n) is 1.84. The van der Waals surface area contributed by atoms with Crippen molar-refractivity contribution in [3.8, 4) is 0 Å². The van der Waals surface area contributed by atoms with Gasteiger partial charge >= 0.3 is 0 Å². The molecule has 1 rings (SSSR count). The van der Waals surface area contributed by atoms with Crippen molar-refractivity contribution < 1.29 is 0 Å². The van der Waals surface area contributed by atoms with Gasteiger partial charge < -0.3 is 5.32 Å². The first-order chi connectivity index (χ1) is 8.36. The van der Waals surface area contributed by atoms with E-state index in [1.807, 2.05) is 0 Å². The Balaban J connectivity index is 1.93. The molecule has 1 N–H and O–H groups in total. The van der Waals surface area contributed by atoms with Crippen molar-refractivity contribution in [3.05, 3.63) is 16.1 Å². The van der Waals surface area contributed by atoms with Crippen molar-refractivity contribution in [1.82, 2.24) is 10.3 Å². The monoisotopic (exact) mass is 254 g/mol. The number of thiazole rings is 1. The Morgan fingerprint density at radius 2 is 1.88 bits per heavy atom. The molecule has 0 aliphatic carbocycles. The largest absolute Gasteiger partial charge is 0.311 e. The average Bonchev–Trinajstić information content (AvgIpc) is 2.80. The van der Waals surface area contributed by atoms with Gasteiger partial charge in [0, 0.05) is 11.9 Å². The minimum Gasteiger partial charge on any atom is -0.311 e. The number of aryl methyl sites for hydroxylation is 1. The van der Waals surface area contributed by atoms with E-state index in [1.165, 1.54) is 49.2 Å². The number of unbranched alkanes of at least 4 members (excludes halogenated alkanes) is 5. The summed E-state index contributed by atoms with van der Waals surface area (Å²) in [7, 11) is 0. The third-order valence-electron chi connectivity index (χ3n) is 2.91. The highest BCUT2D eigenvalue weighted by molar-refractivity contribution is 7.09. The number of rotatable bonds is 10. The van der Waals surface area contributed by atoms with E-state index >= 15 is 0 Å². The molecule has 0 radical (unpaired) electrons. The Morgan fingerprint density at radius 1 is 1.12 bits per heavy atom. The molecule has 3 heteroatoms. The molecule has 0 aliphatic heterocycles. The lowest BCUT2D eigenvalue weighted by atomic mass is 10.1. The molecule has 2 nitrogen and oxygen atoms in total. The maximum absolute atomic E-state index is 4.54. The number of nitrogens with one attached hydrogen (secondary N) is 1. The molecule has 1 heterocycles. The molecule has 17 heavy (non-hydrogen) atoms. The van der Waals surface area contributed by atoms with Crippen LogP contribution in [0.25, 0.3) is 0 Å². The predicted molar refractivity (Wildman–Crippen MR) is 76.6 cm³/mol. The quantitative estimate of drug-likeness (QED) is 0.634. The lowest BCUT2D eigenvalue weighted by Gasteiger charge is -2.02. The topological polar surface area (TPSA) is 24.9 Å². The van der Waals surface area contributed by atoms with Crippen molar-refractivity contribution in [1.29, 1.82) is 0 Å². The van der Waals surface area contributed by atoms with Gasteiger partial charge in [-0.2, -0.15) is 0 Å². The predicted octanol–water partition coefficient (Wildman–Crippen LogP) is 4.16. The molecule has 0 bridgehead atoms. The summed E-state index contributed by atoms with van der Waals surface area (Å²) in [5.74, 6) is 0. The summed E-state index contributed by atoms with van der Waals surface area (Å²) in [6.07, 6.45) is 9.25. The molecule has 0 unspecified atom stereocenters. The number of hydrogen-bond donors (Lipinski definition) is 1. The van der Waals surface area contributed by atoms with Crippen LogP contribution in [0.4, 0.5) is 0 Å². The zero-order valence-electron chi connectivity index (χ0n) is 11.3. The molecular formula is C14H26N2S. The third kappa shape index (κ3) is 6.79. The standard InChI is InChI=1S/C14H26N2S/c1-3-5-6-7-8-9-10-15-11-13-12-17-14(4-2)16-13/h12,15H,3-11H2,1-2H3. The molecule has 0 atom stereocenters. The minimum atomic E-state index is 0.936. The first-order valence-electron chi connectivity index (χ1n) is 7.00. The molecule has 1 aromatic heterocycles. The average molecular weight is 254 g/mol. The van der Waals surface area contributed by atoms with E-state index in [9.17, 15) is 0 Å². The van der Waals surface area contributed by atoms with Gasteiger partial charge in [-0.25, -0.2) is 4.98 Å². The zero-order valence-corrected chi connectivity index (χ0v) is 12.1. The summed E-state index contributed by atoms with van der Waals surface area (Å²) in [5.41, 5.74) is 1.21. The molecule has 0 saturated carbocycles. The van der Waals surface area contributed by atoms with Gasteiger partial charge in [0.2, 0.25) is 0 Å². The second-order valence-electron chi connectivity index (χ2n) is 4.53. The maximum Gasteiger partial charge on any atom is 0.0926 e. The van der Waals surface area contributed by atoms with Crippen LogP contribution in [0.5, 0.6) is 0 Å². The first kappa shape index (κ1) is 14.7. The smallest absolute Gasteiger partial charge is 0.0926 e. The van der Waals surface area contributed by atoms with E-state index in [-0.39, 0.29) is 0 Å². The van der Waals surface area contributed by atoms with Gasteiger partial charge in [-0.15, -0.1) is 11.3 Å². The highest BCUT2D eigenvalue weighted by Crippen LogP contribution is 2.10. The van der Waals surface area contributed by atoms with Crippen LogP contribution in [0.3, 0.4) is 0 Å². The van der Waals surface area contributed by atoms with E-state index in [0.29, 0.717) is 0 Å². The van der Waals surface area contributed by atoms with Crippen molar-refractivity contribution in [2.45, 2.75) is 65.3 Å². The summed E-state index contributed by atoms with van der Waals surface area (Å²) in [5, 5.41) is 6.90. The minimum absolute atomic E-state index is 0.936. The van der Waals surface area contributed by atoms with Crippen LogP contribution in [0, 0.1) is 0 Å². The highest BCUT2D eigenvalue weighted by Gasteiger charge is 1.99. The Morgan fingerprint density at radius 3 is 2.59 bits per heavy atom. The number of nitrogens with zero attached hydrogens (tertiary/aromatic N) is 1. The molecule has 0 aromatic carbocycles. The summed E-state index contributed by atoms with van der Waals surface area (Å²) >= 11 is 1.78. The fourth-order valence-corrected chi connectivity index (χ4v) is 2.58. The van der Waals surface area contributed by atoms with E-state index < -0.39 is 0 Å². The van der Waals surface area contributed by atoms with Crippen LogP contribution in [0.2, 0.25) is 0 Å². The third-order valence-corrected chi connectivity index (χ3v) is 3.96. The van der Waals surface area contributed by atoms with Crippen LogP contribution in [0.15, 0.2) is 5.38 Å². The first-order valence-corrected chi connectivity index (χ1v) is 7.88. The SMILES string of the molecule is CCCCCCCCNCc1csc(CC)n1. The molecule has 98 valence electrons. The van der Waals surface area contributed by atoms with Crippen LogP contribution in [-0.4, -0.2) is 11.5 Å². The second kappa shape index (κ2) is 9.60. The Kier molecular flexibility index (Phi) is 8.28. The molecule has 0 amide bonds. The second-order valence-corrected chi connectivity index (χ2v) is 5.47. The molecule has 1 aromatic rings. The van der Waals surface area contributed by atoms with Crippen LogP contribution >= 0.6 is 11.3 Å². The number of hydrogen-bond acceptors (Lipinski definition) is 3. The van der Waals surface area contributed by atoms with Gasteiger partial charge in [0.1, 0.15) is 0 Å². The normalized spacial score (nSPS) is 10.9. The molecule has 0 saturated heterocycles. The molecule has 0 aliphatic rings. The molecular weight excluding hydrogens is 228 g/mol. The number of aromatic nitrogens is 1.